The summed E-state index contributed by atoms with van der Waals surface area (Å²) in [5.74, 6) is 22.9. The highest BCUT2D eigenvalue weighted by Gasteiger charge is 2.17. The van der Waals surface area contributed by atoms with Crippen LogP contribution >= 0.6 is 0 Å². The Balaban J connectivity index is 1.48. The van der Waals surface area contributed by atoms with Crippen LogP contribution in [0.1, 0.15) is 46.5 Å². The molecule has 1 heterocycles. The van der Waals surface area contributed by atoms with Crippen molar-refractivity contribution in [3.63, 3.8) is 0 Å². The zero-order valence-corrected chi connectivity index (χ0v) is 17.7. The molecule has 0 atom stereocenters. The molecule has 2 heteroatoms. The van der Waals surface area contributed by atoms with E-state index < -0.39 is 0 Å². The number of hydrogen-bond donors (Lipinski definition) is 0. The van der Waals surface area contributed by atoms with Crippen LogP contribution in [0.25, 0.3) is 0 Å². The van der Waals surface area contributed by atoms with Crippen LogP contribution in [0, 0.1) is 58.7 Å². The van der Waals surface area contributed by atoms with E-state index in [9.17, 15) is 0 Å². The average Bonchev–Trinajstić information content (AvgIpc) is 3.19. The van der Waals surface area contributed by atoms with Gasteiger partial charge in [-0.3, -0.25) is 0 Å². The van der Waals surface area contributed by atoms with Crippen LogP contribution < -0.4 is 0 Å². The van der Waals surface area contributed by atoms with Crippen LogP contribution in [-0.2, 0) is 19.4 Å². The predicted octanol–water partition coefficient (Wildman–Crippen LogP) is 4.70. The number of aromatic nitrogens is 1. The number of nitrogens with zero attached hydrogens (tertiary/aromatic N) is 2. The van der Waals surface area contributed by atoms with Gasteiger partial charge in [-0.25, -0.2) is 0 Å². The number of benzene rings is 2. The van der Waals surface area contributed by atoms with Gasteiger partial charge in [0.05, 0.1) is 17.3 Å². The lowest BCUT2D eigenvalue weighted by Gasteiger charge is -2.16. The fourth-order valence-corrected chi connectivity index (χ4v) is 3.77. The fraction of sp³-hybridized carbons (Fsp3) is 0.167. The fourth-order valence-electron chi connectivity index (χ4n) is 3.77. The Labute approximate surface area is 189 Å². The van der Waals surface area contributed by atoms with Gasteiger partial charge in [-0.05, 0) is 109 Å². The highest BCUT2D eigenvalue weighted by Crippen LogP contribution is 2.25. The Kier molecular flexibility index (Phi) is 6.78. The van der Waals surface area contributed by atoms with Crippen LogP contribution in [0.2, 0.25) is 0 Å². The first-order valence-electron chi connectivity index (χ1n) is 10.6. The first kappa shape index (κ1) is 20.7. The second-order valence-corrected chi connectivity index (χ2v) is 7.47. The normalized spacial score (nSPS) is 11.0. The van der Waals surface area contributed by atoms with E-state index in [1.54, 1.807) is 24.3 Å². The number of nitriles is 1. The van der Waals surface area contributed by atoms with Crippen molar-refractivity contribution < 1.29 is 0 Å². The van der Waals surface area contributed by atoms with Crippen molar-refractivity contribution >= 4 is 0 Å². The molecule has 1 aromatic heterocycles. The van der Waals surface area contributed by atoms with Gasteiger partial charge in [0.2, 0.25) is 0 Å². The van der Waals surface area contributed by atoms with E-state index in [4.69, 9.17) is 5.26 Å². The molecule has 2 nitrogen and oxygen atoms in total. The van der Waals surface area contributed by atoms with Gasteiger partial charge in [-0.15, -0.1) is 0 Å². The number of rotatable bonds is 2. The largest absolute Gasteiger partial charge is 0.334 e. The summed E-state index contributed by atoms with van der Waals surface area (Å²) in [6.45, 7) is 0.832. The Morgan fingerprint density at radius 3 is 2.12 bits per heavy atom. The van der Waals surface area contributed by atoms with E-state index in [1.165, 1.54) is 29.7 Å². The lowest BCUT2D eigenvalue weighted by Crippen LogP contribution is -2.10. The summed E-state index contributed by atoms with van der Waals surface area (Å²) in [7, 11) is 0. The Bertz CT molecular complexity index is 1400. The van der Waals surface area contributed by atoms with Gasteiger partial charge < -0.3 is 4.57 Å². The molecule has 0 bridgehead atoms. The van der Waals surface area contributed by atoms with E-state index in [0.29, 0.717) is 5.56 Å². The molecule has 0 spiro atoms. The minimum absolute atomic E-state index is 0.613. The maximum atomic E-state index is 8.81. The minimum atomic E-state index is 0.613. The molecule has 1 aliphatic rings. The molecule has 0 radical (unpaired) electrons. The monoisotopic (exact) mass is 408 g/mol. The SMILES string of the molecule is N#Cc1ccc(C#CC#CC#CC#Cc2cc3c(n2Cc2ccccc2)CCCC3)cc1. The van der Waals surface area contributed by atoms with Gasteiger partial charge in [0.25, 0.3) is 0 Å². The highest BCUT2D eigenvalue weighted by molar-refractivity contribution is 5.47. The summed E-state index contributed by atoms with van der Waals surface area (Å²) >= 11 is 0. The topological polar surface area (TPSA) is 28.7 Å². The second kappa shape index (κ2) is 10.5. The molecule has 1 aliphatic carbocycles. The van der Waals surface area contributed by atoms with Crippen LogP contribution in [-0.4, -0.2) is 4.57 Å². The first-order chi connectivity index (χ1) is 15.8. The van der Waals surface area contributed by atoms with Crippen LogP contribution in [0.15, 0.2) is 60.7 Å². The van der Waals surface area contributed by atoms with Crippen LogP contribution in [0.5, 0.6) is 0 Å². The molecule has 32 heavy (non-hydrogen) atoms. The van der Waals surface area contributed by atoms with Gasteiger partial charge in [0, 0.05) is 17.8 Å². The molecule has 150 valence electrons. The molecule has 0 N–H and O–H groups in total. The molecule has 0 amide bonds. The van der Waals surface area contributed by atoms with Crippen molar-refractivity contribution in [2.24, 2.45) is 0 Å². The maximum Gasteiger partial charge on any atom is 0.0991 e. The molecular weight excluding hydrogens is 388 g/mol. The molecule has 0 unspecified atom stereocenters. The van der Waals surface area contributed by atoms with E-state index in [0.717, 1.165) is 30.6 Å². The number of hydrogen-bond acceptors (Lipinski definition) is 1. The Hall–Kier alpha value is -4.55. The van der Waals surface area contributed by atoms with E-state index in [-0.39, 0.29) is 0 Å². The second-order valence-electron chi connectivity index (χ2n) is 7.47. The smallest absolute Gasteiger partial charge is 0.0991 e. The molecule has 0 saturated carbocycles. The van der Waals surface area contributed by atoms with Gasteiger partial charge in [0.15, 0.2) is 0 Å². The van der Waals surface area contributed by atoms with Crippen molar-refractivity contribution in [1.82, 2.24) is 4.57 Å². The van der Waals surface area contributed by atoms with E-state index in [2.05, 4.69) is 88.3 Å². The quantitative estimate of drug-likeness (QED) is 0.565. The summed E-state index contributed by atoms with van der Waals surface area (Å²) < 4.78 is 2.34. The van der Waals surface area contributed by atoms with Gasteiger partial charge in [-0.1, -0.05) is 36.3 Å². The van der Waals surface area contributed by atoms with Crippen molar-refractivity contribution in [3.8, 4) is 53.4 Å². The molecular formula is C30H20N2. The predicted molar refractivity (Wildman–Crippen MR) is 127 cm³/mol. The number of fused-ring (bicyclic) bond motifs is 1. The van der Waals surface area contributed by atoms with Crippen molar-refractivity contribution in [2.45, 2.75) is 32.2 Å². The zero-order valence-electron chi connectivity index (χ0n) is 17.7. The van der Waals surface area contributed by atoms with E-state index in [1.807, 2.05) is 6.07 Å². The van der Waals surface area contributed by atoms with Crippen LogP contribution in [0.3, 0.4) is 0 Å². The average molecular weight is 409 g/mol. The van der Waals surface area contributed by atoms with Gasteiger partial charge in [-0.2, -0.15) is 5.26 Å². The van der Waals surface area contributed by atoms with Crippen molar-refractivity contribution in [1.29, 1.82) is 5.26 Å². The molecule has 3 aromatic rings. The van der Waals surface area contributed by atoms with E-state index >= 15 is 0 Å². The summed E-state index contributed by atoms with van der Waals surface area (Å²) in [5.41, 5.74) is 6.55. The third kappa shape index (κ3) is 5.33. The van der Waals surface area contributed by atoms with Crippen molar-refractivity contribution in [2.75, 3.05) is 0 Å². The standard InChI is InChI=1S/C30H20N2/c31-23-26-20-18-25(19-21-26)12-6-3-1-2-4-9-16-29-22-28-15-10-11-17-30(28)32(29)24-27-13-7-5-8-14-27/h5,7-8,13-14,18-22H,10-11,15,17,24H2. The highest BCUT2D eigenvalue weighted by atomic mass is 15.0. The first-order valence-corrected chi connectivity index (χ1v) is 10.6. The molecule has 0 fully saturated rings. The van der Waals surface area contributed by atoms with Gasteiger partial charge in [0.1, 0.15) is 0 Å². The summed E-state index contributed by atoms with van der Waals surface area (Å²) in [6.07, 6.45) is 4.71. The molecule has 4 rings (SSSR count). The Morgan fingerprint density at radius 1 is 0.719 bits per heavy atom. The van der Waals surface area contributed by atoms with Crippen LogP contribution in [0.4, 0.5) is 0 Å². The summed E-state index contributed by atoms with van der Waals surface area (Å²) in [4.78, 5) is 0. The number of aryl methyl sites for hydroxylation is 1. The third-order valence-electron chi connectivity index (χ3n) is 5.32. The summed E-state index contributed by atoms with van der Waals surface area (Å²) in [5, 5.41) is 8.81. The third-order valence-corrected chi connectivity index (χ3v) is 5.32. The maximum absolute atomic E-state index is 8.81. The molecule has 0 aliphatic heterocycles. The van der Waals surface area contributed by atoms with Gasteiger partial charge >= 0.3 is 0 Å². The Morgan fingerprint density at radius 2 is 1.38 bits per heavy atom. The zero-order chi connectivity index (χ0) is 22.0. The molecule has 0 saturated heterocycles. The van der Waals surface area contributed by atoms with Crippen molar-refractivity contribution in [3.05, 3.63) is 94.3 Å². The lowest BCUT2D eigenvalue weighted by atomic mass is 9.98. The molecule has 2 aromatic carbocycles. The lowest BCUT2D eigenvalue weighted by molar-refractivity contribution is 0.629. The summed E-state index contributed by atoms with van der Waals surface area (Å²) in [6, 6.07) is 21.9. The minimum Gasteiger partial charge on any atom is -0.334 e.